The van der Waals surface area contributed by atoms with E-state index in [1.807, 2.05) is 30.5 Å². The molecule has 0 saturated carbocycles. The monoisotopic (exact) mass is 382 g/mol. The summed E-state index contributed by atoms with van der Waals surface area (Å²) in [5.41, 5.74) is 2.66. The summed E-state index contributed by atoms with van der Waals surface area (Å²) in [5, 5.41) is 1.57. The Kier molecular flexibility index (Phi) is 4.31. The Morgan fingerprint density at radius 3 is 2.74 bits per heavy atom. The van der Waals surface area contributed by atoms with Crippen LogP contribution in [0.25, 0.3) is 0 Å². The van der Waals surface area contributed by atoms with E-state index in [1.54, 1.807) is 17.8 Å². The molecule has 1 aromatic heterocycles. The molecule has 3 aliphatic rings. The zero-order valence-corrected chi connectivity index (χ0v) is 16.2. The number of benzene rings is 1. The zero-order chi connectivity index (χ0) is 18.4. The van der Waals surface area contributed by atoms with Crippen LogP contribution in [-0.4, -0.2) is 39.9 Å². The molecule has 5 rings (SSSR count). The fourth-order valence-electron chi connectivity index (χ4n) is 4.40. The van der Waals surface area contributed by atoms with Crippen LogP contribution in [-0.2, 0) is 0 Å². The Morgan fingerprint density at radius 2 is 2.00 bits per heavy atom. The average Bonchev–Trinajstić information content (AvgIpc) is 3.38. The van der Waals surface area contributed by atoms with Crippen LogP contribution in [0.3, 0.4) is 0 Å². The van der Waals surface area contributed by atoms with E-state index in [0.29, 0.717) is 5.25 Å². The SMILES string of the molecule is C[C@@H]1CN2C(=N[C@H](c3ccccn3)[C@@H]2c2ccc(N3CCCC3)c(F)c2)S1. The number of nitrogens with zero attached hydrogens (tertiary/aromatic N) is 4. The molecule has 140 valence electrons. The molecule has 3 atom stereocenters. The number of fused-ring (bicyclic) bond motifs is 1. The average molecular weight is 383 g/mol. The van der Waals surface area contributed by atoms with Crippen molar-refractivity contribution in [2.24, 2.45) is 4.99 Å². The lowest BCUT2D eigenvalue weighted by molar-refractivity contribution is 0.320. The van der Waals surface area contributed by atoms with Crippen molar-refractivity contribution >= 4 is 22.6 Å². The number of anilines is 1. The summed E-state index contributed by atoms with van der Waals surface area (Å²) in [6.45, 7) is 5.05. The molecule has 0 radical (unpaired) electrons. The summed E-state index contributed by atoms with van der Waals surface area (Å²) in [6.07, 6.45) is 4.10. The maximum absolute atomic E-state index is 15.0. The number of halogens is 1. The molecule has 4 heterocycles. The lowest BCUT2D eigenvalue weighted by Crippen LogP contribution is -2.29. The molecule has 1 aromatic carbocycles. The van der Waals surface area contributed by atoms with E-state index in [9.17, 15) is 4.39 Å². The highest BCUT2D eigenvalue weighted by Crippen LogP contribution is 2.47. The van der Waals surface area contributed by atoms with Crippen molar-refractivity contribution in [3.8, 4) is 0 Å². The lowest BCUT2D eigenvalue weighted by Gasteiger charge is -2.28. The first-order valence-corrected chi connectivity index (χ1v) is 10.5. The van der Waals surface area contributed by atoms with Crippen LogP contribution in [0.5, 0.6) is 0 Å². The summed E-state index contributed by atoms with van der Waals surface area (Å²) in [4.78, 5) is 14.0. The molecule has 2 aromatic rings. The van der Waals surface area contributed by atoms with Gasteiger partial charge in [0.25, 0.3) is 0 Å². The Balaban J connectivity index is 1.52. The van der Waals surface area contributed by atoms with Gasteiger partial charge in [-0.1, -0.05) is 30.8 Å². The Morgan fingerprint density at radius 1 is 1.15 bits per heavy atom. The van der Waals surface area contributed by atoms with Gasteiger partial charge in [0.2, 0.25) is 0 Å². The van der Waals surface area contributed by atoms with Gasteiger partial charge in [-0.25, -0.2) is 4.39 Å². The minimum atomic E-state index is -0.123. The quantitative estimate of drug-likeness (QED) is 0.787. The number of aromatic nitrogens is 1. The number of pyridine rings is 1. The van der Waals surface area contributed by atoms with Crippen LogP contribution < -0.4 is 4.90 Å². The molecule has 4 nitrogen and oxygen atoms in total. The fourth-order valence-corrected chi connectivity index (χ4v) is 5.49. The van der Waals surface area contributed by atoms with Gasteiger partial charge < -0.3 is 9.80 Å². The number of rotatable bonds is 3. The number of hydrogen-bond donors (Lipinski definition) is 0. The molecule has 3 aliphatic heterocycles. The molecule has 27 heavy (non-hydrogen) atoms. The minimum Gasteiger partial charge on any atom is -0.369 e. The first kappa shape index (κ1) is 17.0. The van der Waals surface area contributed by atoms with Crippen LogP contribution in [0.15, 0.2) is 47.6 Å². The lowest BCUT2D eigenvalue weighted by atomic mass is 9.96. The van der Waals surface area contributed by atoms with E-state index in [-0.39, 0.29) is 17.9 Å². The summed E-state index contributed by atoms with van der Waals surface area (Å²) in [5.74, 6) is -0.123. The van der Waals surface area contributed by atoms with Gasteiger partial charge >= 0.3 is 0 Å². The van der Waals surface area contributed by atoms with Gasteiger partial charge in [-0.15, -0.1) is 0 Å². The molecule has 0 unspecified atom stereocenters. The highest BCUT2D eigenvalue weighted by Gasteiger charge is 2.43. The number of thioether (sulfide) groups is 1. The standard InChI is InChI=1S/C21H23FN4S/c1-14-13-26-20(19(24-21(26)27-14)17-6-2-3-9-23-17)15-7-8-18(16(22)12-15)25-10-4-5-11-25/h2-3,6-9,12,14,19-20H,4-5,10-11,13H2,1H3/t14-,19-,20+/m1/s1. The number of hydrogen-bond acceptors (Lipinski definition) is 5. The Hall–Kier alpha value is -2.08. The molecule has 2 saturated heterocycles. The molecule has 0 aliphatic carbocycles. The molecule has 0 amide bonds. The smallest absolute Gasteiger partial charge is 0.160 e. The van der Waals surface area contributed by atoms with Gasteiger partial charge in [0.15, 0.2) is 5.17 Å². The van der Waals surface area contributed by atoms with Crippen LogP contribution in [0, 0.1) is 5.82 Å². The topological polar surface area (TPSA) is 31.7 Å². The van der Waals surface area contributed by atoms with E-state index >= 15 is 0 Å². The van der Waals surface area contributed by atoms with Crippen LogP contribution in [0.2, 0.25) is 0 Å². The third-order valence-electron chi connectivity index (χ3n) is 5.64. The summed E-state index contributed by atoms with van der Waals surface area (Å²) >= 11 is 1.81. The van der Waals surface area contributed by atoms with Gasteiger partial charge in [0, 0.05) is 31.1 Å². The van der Waals surface area contributed by atoms with E-state index in [2.05, 4.69) is 27.8 Å². The second-order valence-corrected chi connectivity index (χ2v) is 8.95. The summed E-state index contributed by atoms with van der Waals surface area (Å²) < 4.78 is 15.0. The highest BCUT2D eigenvalue weighted by atomic mass is 32.2. The second-order valence-electron chi connectivity index (χ2n) is 7.54. The van der Waals surface area contributed by atoms with E-state index in [0.717, 1.165) is 54.6 Å². The molecule has 0 bridgehead atoms. The van der Waals surface area contributed by atoms with E-state index in [1.165, 1.54) is 0 Å². The summed E-state index contributed by atoms with van der Waals surface area (Å²) in [6, 6.07) is 11.6. The third kappa shape index (κ3) is 3.00. The van der Waals surface area contributed by atoms with Crippen molar-refractivity contribution in [3.05, 3.63) is 59.7 Å². The van der Waals surface area contributed by atoms with Gasteiger partial charge in [-0.3, -0.25) is 9.98 Å². The molecule has 0 N–H and O–H groups in total. The molecule has 6 heteroatoms. The maximum atomic E-state index is 15.0. The molecule has 2 fully saturated rings. The van der Waals surface area contributed by atoms with E-state index in [4.69, 9.17) is 4.99 Å². The number of amidine groups is 1. The second kappa shape index (κ2) is 6.82. The molecular formula is C21H23FN4S. The van der Waals surface area contributed by atoms with Crippen molar-refractivity contribution in [1.29, 1.82) is 0 Å². The van der Waals surface area contributed by atoms with Crippen LogP contribution >= 0.6 is 11.8 Å². The summed E-state index contributed by atoms with van der Waals surface area (Å²) in [7, 11) is 0. The van der Waals surface area contributed by atoms with Crippen molar-refractivity contribution in [2.75, 3.05) is 24.5 Å². The predicted octanol–water partition coefficient (Wildman–Crippen LogP) is 4.41. The van der Waals surface area contributed by atoms with Crippen molar-refractivity contribution in [3.63, 3.8) is 0 Å². The number of aliphatic imine (C=N–C) groups is 1. The Bertz CT molecular complexity index is 866. The van der Waals surface area contributed by atoms with Crippen LogP contribution in [0.4, 0.5) is 10.1 Å². The first-order valence-electron chi connectivity index (χ1n) is 9.67. The predicted molar refractivity (Wildman–Crippen MR) is 109 cm³/mol. The minimum absolute atomic E-state index is 0.00878. The Labute approximate surface area is 163 Å². The maximum Gasteiger partial charge on any atom is 0.160 e. The zero-order valence-electron chi connectivity index (χ0n) is 15.4. The van der Waals surface area contributed by atoms with Crippen molar-refractivity contribution in [1.82, 2.24) is 9.88 Å². The normalized spacial score (nSPS) is 27.2. The van der Waals surface area contributed by atoms with Crippen LogP contribution in [0.1, 0.15) is 43.1 Å². The van der Waals surface area contributed by atoms with Gasteiger partial charge in [0.1, 0.15) is 11.9 Å². The van der Waals surface area contributed by atoms with Gasteiger partial charge in [0.05, 0.1) is 17.4 Å². The van der Waals surface area contributed by atoms with Gasteiger partial charge in [-0.2, -0.15) is 0 Å². The molecular weight excluding hydrogens is 359 g/mol. The van der Waals surface area contributed by atoms with E-state index < -0.39 is 0 Å². The highest BCUT2D eigenvalue weighted by molar-refractivity contribution is 8.14. The van der Waals surface area contributed by atoms with Crippen molar-refractivity contribution in [2.45, 2.75) is 37.1 Å². The third-order valence-corrected chi connectivity index (χ3v) is 6.74. The van der Waals surface area contributed by atoms with Gasteiger partial charge in [-0.05, 0) is 42.7 Å². The molecule has 0 spiro atoms. The van der Waals surface area contributed by atoms with Crippen molar-refractivity contribution < 1.29 is 4.39 Å². The first-order chi connectivity index (χ1) is 13.2. The largest absolute Gasteiger partial charge is 0.369 e. The fraction of sp³-hybridized carbons (Fsp3) is 0.429.